The maximum absolute atomic E-state index is 6.35. The first kappa shape index (κ1) is 15.8. The van der Waals surface area contributed by atoms with Crippen molar-refractivity contribution in [2.75, 3.05) is 0 Å². The van der Waals surface area contributed by atoms with Gasteiger partial charge in [-0.15, -0.1) is 0 Å². The smallest absolute Gasteiger partial charge is 0.0441 e. The molecule has 112 valence electrons. The summed E-state index contributed by atoms with van der Waals surface area (Å²) in [4.78, 5) is 0. The Kier molecular flexibility index (Phi) is 5.88. The number of hydrazine groups is 1. The molecule has 1 aromatic carbocycles. The summed E-state index contributed by atoms with van der Waals surface area (Å²) in [5.41, 5.74) is 5.45. The van der Waals surface area contributed by atoms with Crippen LogP contribution < -0.4 is 11.3 Å². The minimum absolute atomic E-state index is 0.341. The van der Waals surface area contributed by atoms with E-state index < -0.39 is 0 Å². The van der Waals surface area contributed by atoms with E-state index in [4.69, 9.17) is 17.4 Å². The van der Waals surface area contributed by atoms with Crippen molar-refractivity contribution in [1.82, 2.24) is 5.43 Å². The highest BCUT2D eigenvalue weighted by atomic mass is 35.5. The average Bonchev–Trinajstić information content (AvgIpc) is 2.47. The van der Waals surface area contributed by atoms with Gasteiger partial charge in [0.05, 0.1) is 0 Å². The van der Waals surface area contributed by atoms with Gasteiger partial charge in [-0.05, 0) is 55.2 Å². The fourth-order valence-electron chi connectivity index (χ4n) is 3.42. The molecule has 0 saturated heterocycles. The van der Waals surface area contributed by atoms with Crippen molar-refractivity contribution in [2.24, 2.45) is 17.7 Å². The summed E-state index contributed by atoms with van der Waals surface area (Å²) in [6, 6.07) is 6.65. The van der Waals surface area contributed by atoms with E-state index in [9.17, 15) is 0 Å². The Balaban J connectivity index is 1.98. The second kappa shape index (κ2) is 7.44. The molecule has 3 N–H and O–H groups in total. The van der Waals surface area contributed by atoms with Crippen molar-refractivity contribution < 1.29 is 0 Å². The van der Waals surface area contributed by atoms with Crippen LogP contribution in [-0.2, 0) is 6.42 Å². The molecule has 2 rings (SSSR count). The third-order valence-electron chi connectivity index (χ3n) is 4.90. The van der Waals surface area contributed by atoms with E-state index in [1.54, 1.807) is 0 Å². The van der Waals surface area contributed by atoms with E-state index in [0.717, 1.165) is 17.4 Å². The molecule has 2 nitrogen and oxygen atoms in total. The van der Waals surface area contributed by atoms with Crippen molar-refractivity contribution >= 4 is 11.6 Å². The molecule has 1 aromatic rings. The van der Waals surface area contributed by atoms with Crippen LogP contribution in [0.2, 0.25) is 5.02 Å². The molecular weight excluding hydrogens is 268 g/mol. The number of halogens is 1. The molecule has 1 unspecified atom stereocenters. The maximum Gasteiger partial charge on any atom is 0.0441 e. The van der Waals surface area contributed by atoms with Crippen molar-refractivity contribution in [2.45, 2.75) is 58.4 Å². The van der Waals surface area contributed by atoms with Crippen LogP contribution in [0.5, 0.6) is 0 Å². The summed E-state index contributed by atoms with van der Waals surface area (Å²) in [7, 11) is 0. The Morgan fingerprint density at radius 3 is 2.55 bits per heavy atom. The molecule has 0 spiro atoms. The monoisotopic (exact) mass is 294 g/mol. The van der Waals surface area contributed by atoms with E-state index >= 15 is 0 Å². The van der Waals surface area contributed by atoms with Gasteiger partial charge in [0.2, 0.25) is 0 Å². The number of nitrogens with two attached hydrogens (primary N) is 1. The second-order valence-electron chi connectivity index (χ2n) is 6.26. The molecule has 0 aromatic heterocycles. The van der Waals surface area contributed by atoms with Gasteiger partial charge in [0.1, 0.15) is 0 Å². The quantitative estimate of drug-likeness (QED) is 0.630. The van der Waals surface area contributed by atoms with Crippen LogP contribution in [-0.4, -0.2) is 6.04 Å². The van der Waals surface area contributed by atoms with Crippen LogP contribution in [0.3, 0.4) is 0 Å². The topological polar surface area (TPSA) is 38.0 Å². The number of aryl methyl sites for hydroxylation is 1. The fourth-order valence-corrected chi connectivity index (χ4v) is 3.73. The van der Waals surface area contributed by atoms with E-state index in [1.807, 2.05) is 6.07 Å². The fraction of sp³-hybridized carbons (Fsp3) is 0.647. The predicted octanol–water partition coefficient (Wildman–Crippen LogP) is 4.24. The Bertz CT molecular complexity index is 425. The second-order valence-corrected chi connectivity index (χ2v) is 6.67. The van der Waals surface area contributed by atoms with E-state index in [1.165, 1.54) is 43.2 Å². The summed E-state index contributed by atoms with van der Waals surface area (Å²) in [6.45, 7) is 4.37. The lowest BCUT2D eigenvalue weighted by Gasteiger charge is -2.33. The van der Waals surface area contributed by atoms with Crippen LogP contribution in [0, 0.1) is 18.8 Å². The van der Waals surface area contributed by atoms with Gasteiger partial charge < -0.3 is 0 Å². The van der Waals surface area contributed by atoms with Crippen LogP contribution in [0.4, 0.5) is 0 Å². The third-order valence-corrected chi connectivity index (χ3v) is 5.25. The molecule has 1 fully saturated rings. The molecular formula is C17H27ClN2. The molecule has 1 atom stereocenters. The standard InChI is InChI=1S/C17H27ClN2/c1-3-13-5-8-14(9-6-13)17(20-19)11-15-7-4-12(2)10-16(15)18/h4,7,10,13-14,17,20H,3,5-6,8-9,11,19H2,1-2H3. The molecule has 0 heterocycles. The van der Waals surface area contributed by atoms with Gasteiger partial charge >= 0.3 is 0 Å². The Morgan fingerprint density at radius 1 is 1.30 bits per heavy atom. The molecule has 0 aliphatic heterocycles. The molecule has 1 saturated carbocycles. The first-order valence-electron chi connectivity index (χ1n) is 7.85. The van der Waals surface area contributed by atoms with Crippen molar-refractivity contribution in [3.05, 3.63) is 34.3 Å². The van der Waals surface area contributed by atoms with Gasteiger partial charge in [-0.2, -0.15) is 0 Å². The van der Waals surface area contributed by atoms with Crippen molar-refractivity contribution in [3.63, 3.8) is 0 Å². The number of hydrogen-bond acceptors (Lipinski definition) is 2. The SMILES string of the molecule is CCC1CCC(C(Cc2ccc(C)cc2Cl)NN)CC1. The highest BCUT2D eigenvalue weighted by molar-refractivity contribution is 6.31. The Labute approximate surface area is 128 Å². The Hall–Kier alpha value is -0.570. The van der Waals surface area contributed by atoms with Gasteiger partial charge in [0.15, 0.2) is 0 Å². The molecule has 1 aliphatic carbocycles. The number of nitrogens with one attached hydrogen (secondary N) is 1. The van der Waals surface area contributed by atoms with E-state index in [-0.39, 0.29) is 0 Å². The molecule has 0 bridgehead atoms. The van der Waals surface area contributed by atoms with Crippen LogP contribution in [0.15, 0.2) is 18.2 Å². The molecule has 0 radical (unpaired) electrons. The van der Waals surface area contributed by atoms with Crippen LogP contribution in [0.25, 0.3) is 0 Å². The van der Waals surface area contributed by atoms with Crippen molar-refractivity contribution in [1.29, 1.82) is 0 Å². The van der Waals surface area contributed by atoms with E-state index in [0.29, 0.717) is 12.0 Å². The highest BCUT2D eigenvalue weighted by Gasteiger charge is 2.26. The third kappa shape index (κ3) is 3.97. The first-order chi connectivity index (χ1) is 9.63. The first-order valence-corrected chi connectivity index (χ1v) is 8.23. The molecule has 20 heavy (non-hydrogen) atoms. The zero-order valence-corrected chi connectivity index (χ0v) is 13.4. The summed E-state index contributed by atoms with van der Waals surface area (Å²) in [5, 5.41) is 0.868. The minimum atomic E-state index is 0.341. The van der Waals surface area contributed by atoms with Crippen LogP contribution >= 0.6 is 11.6 Å². The van der Waals surface area contributed by atoms with Gasteiger partial charge in [-0.25, -0.2) is 0 Å². The van der Waals surface area contributed by atoms with Gasteiger partial charge in [-0.1, -0.05) is 49.9 Å². The predicted molar refractivity (Wildman–Crippen MR) is 86.7 cm³/mol. The number of rotatable bonds is 5. The van der Waals surface area contributed by atoms with Gasteiger partial charge in [0, 0.05) is 11.1 Å². The molecule has 3 heteroatoms. The lowest BCUT2D eigenvalue weighted by Crippen LogP contribution is -2.43. The van der Waals surface area contributed by atoms with Gasteiger partial charge in [-0.3, -0.25) is 11.3 Å². The summed E-state index contributed by atoms with van der Waals surface area (Å²) >= 11 is 6.35. The molecule has 1 aliphatic rings. The zero-order chi connectivity index (χ0) is 14.5. The number of hydrogen-bond donors (Lipinski definition) is 2. The zero-order valence-electron chi connectivity index (χ0n) is 12.7. The summed E-state index contributed by atoms with van der Waals surface area (Å²) in [6.07, 6.45) is 7.52. The minimum Gasteiger partial charge on any atom is -0.271 e. The largest absolute Gasteiger partial charge is 0.271 e. The summed E-state index contributed by atoms with van der Waals surface area (Å²) in [5.74, 6) is 7.41. The van der Waals surface area contributed by atoms with E-state index in [2.05, 4.69) is 31.4 Å². The van der Waals surface area contributed by atoms with Crippen molar-refractivity contribution in [3.8, 4) is 0 Å². The maximum atomic E-state index is 6.35. The normalized spacial score (nSPS) is 24.6. The van der Waals surface area contributed by atoms with Crippen LogP contribution in [0.1, 0.15) is 50.2 Å². The number of benzene rings is 1. The summed E-state index contributed by atoms with van der Waals surface area (Å²) < 4.78 is 0. The molecule has 0 amide bonds. The average molecular weight is 295 g/mol. The lowest BCUT2D eigenvalue weighted by atomic mass is 9.76. The lowest BCUT2D eigenvalue weighted by molar-refractivity contribution is 0.217. The van der Waals surface area contributed by atoms with Gasteiger partial charge in [0.25, 0.3) is 0 Å². The highest BCUT2D eigenvalue weighted by Crippen LogP contribution is 2.33. The Morgan fingerprint density at radius 2 is 2.00 bits per heavy atom.